The summed E-state index contributed by atoms with van der Waals surface area (Å²) < 4.78 is 79.7. The standard InChI is InChI=1S/C24H25ClF6N6/c1-3-37(4-2)11-5-10-32-21-34-20(15-6-8-18(25)9-7-15)35-22(36-21)33-19-13-16(23(26,27)28)12-17(14-19)24(29,30)31/h6-9,12-14H,3-5,10-11H2,1-2H3,(H2,32,33,34,35,36). The van der Waals surface area contributed by atoms with Crippen molar-refractivity contribution in [3.8, 4) is 11.4 Å². The third-order valence-corrected chi connectivity index (χ3v) is 5.66. The number of halogens is 7. The average molecular weight is 547 g/mol. The molecule has 0 spiro atoms. The minimum absolute atomic E-state index is 0.0562. The van der Waals surface area contributed by atoms with E-state index < -0.39 is 29.2 Å². The van der Waals surface area contributed by atoms with Crippen molar-refractivity contribution in [3.63, 3.8) is 0 Å². The van der Waals surface area contributed by atoms with Crippen LogP contribution in [-0.4, -0.2) is 46.0 Å². The predicted octanol–water partition coefficient (Wildman–Crippen LogP) is 7.12. The van der Waals surface area contributed by atoms with Crippen molar-refractivity contribution in [2.45, 2.75) is 32.6 Å². The molecular weight excluding hydrogens is 522 g/mol. The maximum atomic E-state index is 13.3. The van der Waals surface area contributed by atoms with Crippen LogP contribution in [0.15, 0.2) is 42.5 Å². The molecule has 6 nitrogen and oxygen atoms in total. The Morgan fingerprint density at radius 3 is 1.92 bits per heavy atom. The second kappa shape index (κ2) is 12.0. The van der Waals surface area contributed by atoms with Crippen LogP contribution in [-0.2, 0) is 12.4 Å². The van der Waals surface area contributed by atoms with Crippen LogP contribution in [0.2, 0.25) is 5.02 Å². The fraction of sp³-hybridized carbons (Fsp3) is 0.375. The van der Waals surface area contributed by atoms with Gasteiger partial charge in [-0.05, 0) is 68.5 Å². The van der Waals surface area contributed by atoms with E-state index in [9.17, 15) is 26.3 Å². The molecule has 0 fully saturated rings. The van der Waals surface area contributed by atoms with Gasteiger partial charge in [-0.15, -0.1) is 0 Å². The molecule has 0 bridgehead atoms. The van der Waals surface area contributed by atoms with Gasteiger partial charge in [-0.2, -0.15) is 41.3 Å². The summed E-state index contributed by atoms with van der Waals surface area (Å²) in [6, 6.07) is 7.67. The van der Waals surface area contributed by atoms with Gasteiger partial charge in [-0.3, -0.25) is 0 Å². The highest BCUT2D eigenvalue weighted by Gasteiger charge is 2.37. The molecule has 0 saturated carbocycles. The fourth-order valence-corrected chi connectivity index (χ4v) is 3.56. The van der Waals surface area contributed by atoms with E-state index >= 15 is 0 Å². The van der Waals surface area contributed by atoms with E-state index in [1.807, 2.05) is 0 Å². The number of nitrogens with one attached hydrogen (secondary N) is 2. The first kappa shape index (κ1) is 28.5. The van der Waals surface area contributed by atoms with Crippen molar-refractivity contribution in [1.82, 2.24) is 19.9 Å². The minimum Gasteiger partial charge on any atom is -0.354 e. The zero-order valence-corrected chi connectivity index (χ0v) is 20.8. The van der Waals surface area contributed by atoms with E-state index in [-0.39, 0.29) is 23.8 Å². The molecule has 3 rings (SSSR count). The number of hydrogen-bond acceptors (Lipinski definition) is 6. The Labute approximate surface area is 215 Å². The maximum absolute atomic E-state index is 13.3. The molecule has 0 aliphatic rings. The van der Waals surface area contributed by atoms with Gasteiger partial charge in [0.25, 0.3) is 0 Å². The number of alkyl halides is 6. The topological polar surface area (TPSA) is 66.0 Å². The molecule has 0 saturated heterocycles. The largest absolute Gasteiger partial charge is 0.416 e. The molecule has 37 heavy (non-hydrogen) atoms. The van der Waals surface area contributed by atoms with Gasteiger partial charge >= 0.3 is 12.4 Å². The summed E-state index contributed by atoms with van der Waals surface area (Å²) >= 11 is 5.94. The lowest BCUT2D eigenvalue weighted by molar-refractivity contribution is -0.143. The Balaban J connectivity index is 1.94. The quantitative estimate of drug-likeness (QED) is 0.208. The molecule has 2 aromatic carbocycles. The first-order chi connectivity index (χ1) is 17.4. The minimum atomic E-state index is -4.98. The molecule has 0 unspecified atom stereocenters. The molecule has 2 N–H and O–H groups in total. The molecule has 0 aliphatic heterocycles. The lowest BCUT2D eigenvalue weighted by Gasteiger charge is -2.18. The fourth-order valence-electron chi connectivity index (χ4n) is 3.44. The van der Waals surface area contributed by atoms with Crippen LogP contribution in [0.4, 0.5) is 43.9 Å². The van der Waals surface area contributed by atoms with E-state index in [1.54, 1.807) is 24.3 Å². The predicted molar refractivity (Wildman–Crippen MR) is 131 cm³/mol. The summed E-state index contributed by atoms with van der Waals surface area (Å²) in [6.45, 7) is 7.21. The molecular formula is C24H25ClF6N6. The van der Waals surface area contributed by atoms with Gasteiger partial charge < -0.3 is 15.5 Å². The van der Waals surface area contributed by atoms with Crippen LogP contribution in [0.3, 0.4) is 0 Å². The summed E-state index contributed by atoms with van der Waals surface area (Å²) in [7, 11) is 0. The summed E-state index contributed by atoms with van der Waals surface area (Å²) in [5, 5.41) is 6.00. The van der Waals surface area contributed by atoms with E-state index in [0.717, 1.165) is 26.1 Å². The Morgan fingerprint density at radius 2 is 1.38 bits per heavy atom. The van der Waals surface area contributed by atoms with Crippen molar-refractivity contribution in [2.75, 3.05) is 36.8 Å². The number of benzene rings is 2. The van der Waals surface area contributed by atoms with Crippen molar-refractivity contribution < 1.29 is 26.3 Å². The molecule has 1 heterocycles. The molecule has 0 atom stereocenters. The molecule has 13 heteroatoms. The second-order valence-electron chi connectivity index (χ2n) is 8.04. The van der Waals surface area contributed by atoms with Gasteiger partial charge in [-0.1, -0.05) is 25.4 Å². The number of aromatic nitrogens is 3. The third kappa shape index (κ3) is 8.19. The van der Waals surface area contributed by atoms with Crippen LogP contribution < -0.4 is 10.6 Å². The zero-order valence-electron chi connectivity index (χ0n) is 20.0. The SMILES string of the molecule is CCN(CC)CCCNc1nc(Nc2cc(C(F)(F)F)cc(C(F)(F)F)c2)nc(-c2ccc(Cl)cc2)n1. The van der Waals surface area contributed by atoms with Crippen molar-refractivity contribution in [1.29, 1.82) is 0 Å². The second-order valence-corrected chi connectivity index (χ2v) is 8.48. The lowest BCUT2D eigenvalue weighted by atomic mass is 10.1. The van der Waals surface area contributed by atoms with E-state index in [2.05, 4.69) is 44.3 Å². The summed E-state index contributed by atoms with van der Waals surface area (Å²) in [5.41, 5.74) is -2.85. The van der Waals surface area contributed by atoms with Gasteiger partial charge in [0.2, 0.25) is 11.9 Å². The van der Waals surface area contributed by atoms with E-state index in [0.29, 0.717) is 29.3 Å². The molecule has 200 valence electrons. The van der Waals surface area contributed by atoms with Crippen LogP contribution in [0.25, 0.3) is 11.4 Å². The maximum Gasteiger partial charge on any atom is 0.416 e. The Kier molecular flexibility index (Phi) is 9.19. The van der Waals surface area contributed by atoms with Gasteiger partial charge in [0, 0.05) is 22.8 Å². The first-order valence-corrected chi connectivity index (χ1v) is 11.8. The zero-order chi connectivity index (χ0) is 27.2. The van der Waals surface area contributed by atoms with Crippen LogP contribution in [0.1, 0.15) is 31.4 Å². The highest BCUT2D eigenvalue weighted by Crippen LogP contribution is 2.38. The van der Waals surface area contributed by atoms with Crippen molar-refractivity contribution in [3.05, 3.63) is 58.6 Å². The smallest absolute Gasteiger partial charge is 0.354 e. The van der Waals surface area contributed by atoms with Crippen LogP contribution in [0.5, 0.6) is 0 Å². The van der Waals surface area contributed by atoms with Gasteiger partial charge in [0.15, 0.2) is 5.82 Å². The van der Waals surface area contributed by atoms with Crippen LogP contribution >= 0.6 is 11.6 Å². The third-order valence-electron chi connectivity index (χ3n) is 5.41. The van der Waals surface area contributed by atoms with Crippen molar-refractivity contribution in [2.24, 2.45) is 0 Å². The Bertz CT molecular complexity index is 1150. The summed E-state index contributed by atoms with van der Waals surface area (Å²) in [5.74, 6) is 0.0482. The molecule has 1 aromatic heterocycles. The number of hydrogen-bond donors (Lipinski definition) is 2. The van der Waals surface area contributed by atoms with Crippen LogP contribution in [0, 0.1) is 0 Å². The highest BCUT2D eigenvalue weighted by atomic mass is 35.5. The summed E-state index contributed by atoms with van der Waals surface area (Å²) in [4.78, 5) is 15.0. The normalized spacial score (nSPS) is 12.2. The Morgan fingerprint density at radius 1 is 0.811 bits per heavy atom. The Hall–Kier alpha value is -3.12. The van der Waals surface area contributed by atoms with Crippen molar-refractivity contribution >= 4 is 29.2 Å². The number of rotatable bonds is 10. The van der Waals surface area contributed by atoms with E-state index in [4.69, 9.17) is 11.6 Å². The number of anilines is 3. The molecule has 0 radical (unpaired) electrons. The summed E-state index contributed by atoms with van der Waals surface area (Å²) in [6.07, 6.45) is -9.21. The van der Waals surface area contributed by atoms with E-state index in [1.165, 1.54) is 0 Å². The molecule has 0 amide bonds. The molecule has 3 aromatic rings. The molecule has 0 aliphatic carbocycles. The van der Waals surface area contributed by atoms with Gasteiger partial charge in [0.05, 0.1) is 11.1 Å². The monoisotopic (exact) mass is 546 g/mol. The average Bonchev–Trinajstić information content (AvgIpc) is 2.83. The van der Waals surface area contributed by atoms with Gasteiger partial charge in [0.1, 0.15) is 0 Å². The lowest BCUT2D eigenvalue weighted by Crippen LogP contribution is -2.25. The first-order valence-electron chi connectivity index (χ1n) is 11.4. The number of nitrogens with zero attached hydrogens (tertiary/aromatic N) is 4. The van der Waals surface area contributed by atoms with Gasteiger partial charge in [-0.25, -0.2) is 0 Å². The highest BCUT2D eigenvalue weighted by molar-refractivity contribution is 6.30.